The van der Waals surface area contributed by atoms with Crippen LogP contribution in [0, 0.1) is 5.92 Å². The molecule has 0 aromatic heterocycles. The highest BCUT2D eigenvalue weighted by molar-refractivity contribution is 4.92. The summed E-state index contributed by atoms with van der Waals surface area (Å²) in [6.45, 7) is 11.6. The second-order valence-corrected chi connectivity index (χ2v) is 4.31. The van der Waals surface area contributed by atoms with E-state index in [4.69, 9.17) is 10.5 Å². The lowest BCUT2D eigenvalue weighted by atomic mass is 9.79. The van der Waals surface area contributed by atoms with E-state index in [9.17, 15) is 0 Å². The maximum absolute atomic E-state index is 6.40. The van der Waals surface area contributed by atoms with Crippen LogP contribution < -0.4 is 5.73 Å². The van der Waals surface area contributed by atoms with Crippen LogP contribution in [0.3, 0.4) is 0 Å². The minimum atomic E-state index is -0.106. The van der Waals surface area contributed by atoms with Crippen molar-refractivity contribution >= 4 is 0 Å². The molecule has 1 unspecified atom stereocenters. The van der Waals surface area contributed by atoms with E-state index in [0.717, 1.165) is 32.3 Å². The zero-order valence-electron chi connectivity index (χ0n) is 11.2. The standard InChI is InChI=1S/C13H29NO/c1-6-11(7-2)12(14)13(8-3,9-4)15-10-5/h11-12H,6-10,14H2,1-5H3. The summed E-state index contributed by atoms with van der Waals surface area (Å²) in [5, 5.41) is 0. The molecule has 0 amide bonds. The van der Waals surface area contributed by atoms with Crippen molar-refractivity contribution in [2.24, 2.45) is 11.7 Å². The van der Waals surface area contributed by atoms with Crippen molar-refractivity contribution in [2.45, 2.75) is 71.9 Å². The number of nitrogens with two attached hydrogens (primary N) is 1. The van der Waals surface area contributed by atoms with Crippen LogP contribution in [0.1, 0.15) is 60.3 Å². The van der Waals surface area contributed by atoms with Crippen molar-refractivity contribution in [3.8, 4) is 0 Å². The van der Waals surface area contributed by atoms with Crippen LogP contribution in [-0.4, -0.2) is 18.2 Å². The van der Waals surface area contributed by atoms with E-state index in [2.05, 4.69) is 34.6 Å². The molecule has 0 fully saturated rings. The smallest absolute Gasteiger partial charge is 0.0829 e. The average molecular weight is 215 g/mol. The maximum atomic E-state index is 6.40. The third kappa shape index (κ3) is 3.46. The van der Waals surface area contributed by atoms with Crippen molar-refractivity contribution in [1.82, 2.24) is 0 Å². The molecule has 2 N–H and O–H groups in total. The third-order valence-corrected chi connectivity index (χ3v) is 3.79. The summed E-state index contributed by atoms with van der Waals surface area (Å²) in [5.74, 6) is 0.580. The summed E-state index contributed by atoms with van der Waals surface area (Å²) in [6, 6.07) is 0.169. The normalized spacial score (nSPS) is 14.6. The zero-order valence-corrected chi connectivity index (χ0v) is 11.2. The van der Waals surface area contributed by atoms with Gasteiger partial charge in [-0.1, -0.05) is 40.5 Å². The minimum absolute atomic E-state index is 0.106. The van der Waals surface area contributed by atoms with Crippen LogP contribution in [0.4, 0.5) is 0 Å². The lowest BCUT2D eigenvalue weighted by Crippen LogP contribution is -2.53. The molecule has 0 aliphatic heterocycles. The average Bonchev–Trinajstić information content (AvgIpc) is 2.27. The van der Waals surface area contributed by atoms with Crippen molar-refractivity contribution in [1.29, 1.82) is 0 Å². The van der Waals surface area contributed by atoms with Gasteiger partial charge in [0.2, 0.25) is 0 Å². The Morgan fingerprint density at radius 1 is 1.00 bits per heavy atom. The van der Waals surface area contributed by atoms with Crippen LogP contribution >= 0.6 is 0 Å². The molecule has 0 aliphatic carbocycles. The summed E-state index contributed by atoms with van der Waals surface area (Å²) in [5.41, 5.74) is 6.29. The fourth-order valence-electron chi connectivity index (χ4n) is 2.54. The molecule has 0 spiro atoms. The van der Waals surface area contributed by atoms with Crippen molar-refractivity contribution in [3.05, 3.63) is 0 Å². The Morgan fingerprint density at radius 3 is 1.73 bits per heavy atom. The van der Waals surface area contributed by atoms with Crippen LogP contribution in [0.15, 0.2) is 0 Å². The topological polar surface area (TPSA) is 35.2 Å². The van der Waals surface area contributed by atoms with E-state index in [0.29, 0.717) is 5.92 Å². The van der Waals surface area contributed by atoms with Crippen molar-refractivity contribution in [2.75, 3.05) is 6.61 Å². The molecule has 0 aromatic carbocycles. The number of hydrogen-bond acceptors (Lipinski definition) is 2. The molecule has 0 aromatic rings. The largest absolute Gasteiger partial charge is 0.374 e. The summed E-state index contributed by atoms with van der Waals surface area (Å²) in [4.78, 5) is 0. The number of ether oxygens (including phenoxy) is 1. The van der Waals surface area contributed by atoms with E-state index in [1.54, 1.807) is 0 Å². The monoisotopic (exact) mass is 215 g/mol. The van der Waals surface area contributed by atoms with Gasteiger partial charge in [0.15, 0.2) is 0 Å². The van der Waals surface area contributed by atoms with E-state index in [1.165, 1.54) is 0 Å². The Kier molecular flexibility index (Phi) is 7.20. The highest BCUT2D eigenvalue weighted by Crippen LogP contribution is 2.30. The van der Waals surface area contributed by atoms with Gasteiger partial charge in [0.05, 0.1) is 5.60 Å². The molecule has 0 radical (unpaired) electrons. The maximum Gasteiger partial charge on any atom is 0.0829 e. The molecule has 0 bridgehead atoms. The summed E-state index contributed by atoms with van der Waals surface area (Å²) >= 11 is 0. The third-order valence-electron chi connectivity index (χ3n) is 3.79. The lowest BCUT2D eigenvalue weighted by Gasteiger charge is -2.41. The summed E-state index contributed by atoms with van der Waals surface area (Å²) in [7, 11) is 0. The van der Waals surface area contributed by atoms with Crippen molar-refractivity contribution in [3.63, 3.8) is 0 Å². The van der Waals surface area contributed by atoms with Crippen LogP contribution in [-0.2, 0) is 4.74 Å². The van der Waals surface area contributed by atoms with Crippen LogP contribution in [0.25, 0.3) is 0 Å². The van der Waals surface area contributed by atoms with Gasteiger partial charge in [-0.25, -0.2) is 0 Å². The van der Waals surface area contributed by atoms with Crippen molar-refractivity contribution < 1.29 is 4.74 Å². The molecule has 0 aliphatic rings. The quantitative estimate of drug-likeness (QED) is 0.674. The number of hydrogen-bond donors (Lipinski definition) is 1. The Bertz CT molecular complexity index is 151. The first-order valence-electron chi connectivity index (χ1n) is 6.51. The lowest BCUT2D eigenvalue weighted by molar-refractivity contribution is -0.0765. The first-order chi connectivity index (χ1) is 7.11. The Morgan fingerprint density at radius 2 is 1.47 bits per heavy atom. The Hall–Kier alpha value is -0.0800. The van der Waals surface area contributed by atoms with Gasteiger partial charge in [-0.2, -0.15) is 0 Å². The second-order valence-electron chi connectivity index (χ2n) is 4.31. The molecule has 0 saturated carbocycles. The molecule has 0 heterocycles. The van der Waals surface area contributed by atoms with Gasteiger partial charge >= 0.3 is 0 Å². The Labute approximate surface area is 95.6 Å². The molecule has 0 rings (SSSR count). The first kappa shape index (κ1) is 14.9. The van der Waals surface area contributed by atoms with Crippen LogP contribution in [0.2, 0.25) is 0 Å². The SMILES string of the molecule is CCOC(CC)(CC)C(N)C(CC)CC. The Balaban J connectivity index is 4.71. The fourth-order valence-corrected chi connectivity index (χ4v) is 2.54. The van der Waals surface area contributed by atoms with Gasteiger partial charge < -0.3 is 10.5 Å². The van der Waals surface area contributed by atoms with E-state index in [1.807, 2.05) is 0 Å². The molecular weight excluding hydrogens is 186 g/mol. The van der Waals surface area contributed by atoms with Crippen LogP contribution in [0.5, 0.6) is 0 Å². The van der Waals surface area contributed by atoms with Gasteiger partial charge in [-0.05, 0) is 25.7 Å². The first-order valence-corrected chi connectivity index (χ1v) is 6.51. The van der Waals surface area contributed by atoms with E-state index < -0.39 is 0 Å². The van der Waals surface area contributed by atoms with Gasteiger partial charge in [-0.15, -0.1) is 0 Å². The fraction of sp³-hybridized carbons (Fsp3) is 1.00. The predicted molar refractivity (Wildman–Crippen MR) is 67.0 cm³/mol. The molecule has 92 valence electrons. The molecule has 2 heteroatoms. The summed E-state index contributed by atoms with van der Waals surface area (Å²) < 4.78 is 5.95. The molecule has 0 saturated heterocycles. The molecule has 1 atom stereocenters. The highest BCUT2D eigenvalue weighted by atomic mass is 16.5. The van der Waals surface area contributed by atoms with E-state index >= 15 is 0 Å². The van der Waals surface area contributed by atoms with Gasteiger partial charge in [-0.3, -0.25) is 0 Å². The van der Waals surface area contributed by atoms with Gasteiger partial charge in [0.25, 0.3) is 0 Å². The number of rotatable bonds is 8. The van der Waals surface area contributed by atoms with Gasteiger partial charge in [0, 0.05) is 12.6 Å². The molecule has 2 nitrogen and oxygen atoms in total. The second kappa shape index (κ2) is 7.24. The van der Waals surface area contributed by atoms with Gasteiger partial charge in [0.1, 0.15) is 0 Å². The summed E-state index contributed by atoms with van der Waals surface area (Å²) in [6.07, 6.45) is 4.31. The minimum Gasteiger partial charge on any atom is -0.374 e. The zero-order chi connectivity index (χ0) is 11.9. The predicted octanol–water partition coefficient (Wildman–Crippen LogP) is 3.35. The molecular formula is C13H29NO. The molecule has 15 heavy (non-hydrogen) atoms. The highest BCUT2D eigenvalue weighted by Gasteiger charge is 2.37. The van der Waals surface area contributed by atoms with E-state index in [-0.39, 0.29) is 11.6 Å².